The van der Waals surface area contributed by atoms with Gasteiger partial charge in [0.2, 0.25) is 11.8 Å². The highest BCUT2D eigenvalue weighted by Crippen LogP contribution is 2.52. The van der Waals surface area contributed by atoms with Crippen molar-refractivity contribution in [3.63, 3.8) is 0 Å². The van der Waals surface area contributed by atoms with Crippen molar-refractivity contribution in [2.75, 3.05) is 16.8 Å². The third-order valence-electron chi connectivity index (χ3n) is 5.78. The molecule has 2 bridgehead atoms. The van der Waals surface area contributed by atoms with Crippen LogP contribution in [0.2, 0.25) is 0 Å². The number of rotatable bonds is 3. The van der Waals surface area contributed by atoms with Crippen LogP contribution in [-0.2, 0) is 14.3 Å². The molecule has 3 aliphatic heterocycles. The number of anilines is 2. The summed E-state index contributed by atoms with van der Waals surface area (Å²) in [6.45, 7) is 6.08. The van der Waals surface area contributed by atoms with Gasteiger partial charge in [-0.25, -0.2) is 0 Å². The lowest BCUT2D eigenvalue weighted by molar-refractivity contribution is -0.128. The third kappa shape index (κ3) is 2.43. The number of fused-ring (bicyclic) bond motifs is 1. The van der Waals surface area contributed by atoms with Crippen molar-refractivity contribution in [3.8, 4) is 0 Å². The first kappa shape index (κ1) is 17.2. The summed E-state index contributed by atoms with van der Waals surface area (Å²) in [5.74, 6) is -0.400. The number of ether oxygens (including phenoxy) is 1. The first-order valence-corrected chi connectivity index (χ1v) is 9.37. The van der Waals surface area contributed by atoms with Gasteiger partial charge in [-0.05, 0) is 44.0 Å². The van der Waals surface area contributed by atoms with Crippen LogP contribution in [-0.4, -0.2) is 35.2 Å². The summed E-state index contributed by atoms with van der Waals surface area (Å²) in [4.78, 5) is 27.9. The van der Waals surface area contributed by atoms with E-state index in [0.29, 0.717) is 18.1 Å². The molecular formula is C21H21N3O4. The monoisotopic (exact) mass is 379 g/mol. The second-order valence-electron chi connectivity index (χ2n) is 7.99. The molecule has 0 saturated carbocycles. The summed E-state index contributed by atoms with van der Waals surface area (Å²) in [7, 11) is 0. The maximum absolute atomic E-state index is 13.2. The van der Waals surface area contributed by atoms with Crippen LogP contribution in [0, 0.1) is 32.6 Å². The minimum absolute atomic E-state index is 0.152. The zero-order chi connectivity index (χ0) is 19.6. The molecule has 2 fully saturated rings. The highest BCUT2D eigenvalue weighted by atomic mass is 16.5. The van der Waals surface area contributed by atoms with E-state index in [0.717, 1.165) is 16.8 Å². The molecule has 2 unspecified atom stereocenters. The first-order valence-electron chi connectivity index (χ1n) is 9.37. The molecule has 2 amide bonds. The first-order chi connectivity index (χ1) is 13.4. The zero-order valence-electron chi connectivity index (χ0n) is 15.9. The molecule has 1 aromatic heterocycles. The third-order valence-corrected chi connectivity index (χ3v) is 5.78. The second kappa shape index (κ2) is 5.78. The minimum Gasteiger partial charge on any atom is -0.360 e. The van der Waals surface area contributed by atoms with Crippen LogP contribution >= 0.6 is 0 Å². The van der Waals surface area contributed by atoms with E-state index >= 15 is 0 Å². The minimum atomic E-state index is -0.779. The Bertz CT molecular complexity index is 1010. The van der Waals surface area contributed by atoms with Gasteiger partial charge < -0.3 is 14.6 Å². The van der Waals surface area contributed by atoms with Crippen LogP contribution in [0.15, 0.2) is 40.9 Å². The van der Waals surface area contributed by atoms with E-state index in [1.54, 1.807) is 17.9 Å². The molecule has 1 aromatic carbocycles. The Morgan fingerprint density at radius 2 is 1.96 bits per heavy atom. The van der Waals surface area contributed by atoms with Crippen molar-refractivity contribution < 1.29 is 18.8 Å². The molecule has 0 aliphatic carbocycles. The molecular weight excluding hydrogens is 358 g/mol. The van der Waals surface area contributed by atoms with E-state index < -0.39 is 17.4 Å². The van der Waals surface area contributed by atoms with Crippen LogP contribution in [0.25, 0.3) is 0 Å². The molecule has 144 valence electrons. The van der Waals surface area contributed by atoms with Crippen molar-refractivity contribution in [1.29, 1.82) is 0 Å². The molecule has 1 N–H and O–H groups in total. The SMILES string of the molecule is Cc1cc(C)cc(NC(=O)C2C3C(=O)N(c4cc(C)on4)C[C@]34C=C[C@H]2O4)c1. The van der Waals surface area contributed by atoms with Gasteiger partial charge >= 0.3 is 0 Å². The molecule has 1 spiro atoms. The number of benzene rings is 1. The van der Waals surface area contributed by atoms with Crippen LogP contribution in [0.3, 0.4) is 0 Å². The fourth-order valence-corrected chi connectivity index (χ4v) is 4.74. The Balaban J connectivity index is 1.44. The Kier molecular flexibility index (Phi) is 3.55. The molecule has 2 saturated heterocycles. The van der Waals surface area contributed by atoms with Gasteiger partial charge in [-0.2, -0.15) is 0 Å². The summed E-state index contributed by atoms with van der Waals surface area (Å²) < 4.78 is 11.3. The van der Waals surface area contributed by atoms with Crippen molar-refractivity contribution in [2.24, 2.45) is 11.8 Å². The van der Waals surface area contributed by atoms with Crippen LogP contribution in [0.1, 0.15) is 16.9 Å². The lowest BCUT2D eigenvalue weighted by atomic mass is 9.76. The van der Waals surface area contributed by atoms with Gasteiger partial charge in [0.25, 0.3) is 0 Å². The number of nitrogens with zero attached hydrogens (tertiary/aromatic N) is 2. The van der Waals surface area contributed by atoms with Gasteiger partial charge in [-0.3, -0.25) is 14.5 Å². The topological polar surface area (TPSA) is 84.7 Å². The Hall–Kier alpha value is -2.93. The summed E-state index contributed by atoms with van der Waals surface area (Å²) in [5, 5.41) is 6.94. The summed E-state index contributed by atoms with van der Waals surface area (Å²) in [6.07, 6.45) is 3.43. The van der Waals surface area contributed by atoms with Gasteiger partial charge in [-0.1, -0.05) is 23.4 Å². The number of hydrogen-bond donors (Lipinski definition) is 1. The fourth-order valence-electron chi connectivity index (χ4n) is 4.74. The normalized spacial score (nSPS) is 30.2. The number of nitrogens with one attached hydrogen (secondary N) is 1. The van der Waals surface area contributed by atoms with Crippen molar-refractivity contribution in [2.45, 2.75) is 32.5 Å². The van der Waals surface area contributed by atoms with Crippen molar-refractivity contribution in [1.82, 2.24) is 5.16 Å². The Morgan fingerprint density at radius 1 is 1.21 bits per heavy atom. The van der Waals surface area contributed by atoms with Gasteiger partial charge in [-0.15, -0.1) is 0 Å². The standard InChI is InChI=1S/C21H21N3O4/c1-11-6-12(2)8-14(7-11)22-19(25)17-15-4-5-21(27-15)10-24(20(26)18(17)21)16-9-13(3)28-23-16/h4-9,15,17-18H,10H2,1-3H3,(H,22,25)/t15-,17?,18?,21-/m1/s1. The van der Waals surface area contributed by atoms with E-state index in [9.17, 15) is 9.59 Å². The maximum atomic E-state index is 13.2. The van der Waals surface area contributed by atoms with E-state index in [4.69, 9.17) is 9.26 Å². The molecule has 4 atom stereocenters. The highest BCUT2D eigenvalue weighted by molar-refractivity contribution is 6.05. The molecule has 3 aliphatic rings. The molecule has 5 rings (SSSR count). The zero-order valence-corrected chi connectivity index (χ0v) is 15.9. The van der Waals surface area contributed by atoms with Gasteiger partial charge in [0, 0.05) is 11.8 Å². The lowest BCUT2D eigenvalue weighted by Crippen LogP contribution is -2.41. The number of aryl methyl sites for hydroxylation is 3. The largest absolute Gasteiger partial charge is 0.360 e. The van der Waals surface area contributed by atoms with Gasteiger partial charge in [0.05, 0.1) is 24.5 Å². The molecule has 7 nitrogen and oxygen atoms in total. The molecule has 0 radical (unpaired) electrons. The van der Waals surface area contributed by atoms with Gasteiger partial charge in [0.1, 0.15) is 11.4 Å². The average Bonchev–Trinajstić information content (AvgIpc) is 3.35. The predicted molar refractivity (Wildman–Crippen MR) is 102 cm³/mol. The number of carbonyl (C=O) groups excluding carboxylic acids is 2. The van der Waals surface area contributed by atoms with E-state index in [2.05, 4.69) is 10.5 Å². The van der Waals surface area contributed by atoms with Crippen LogP contribution in [0.5, 0.6) is 0 Å². The molecule has 4 heterocycles. The van der Waals surface area contributed by atoms with E-state index in [1.807, 2.05) is 44.2 Å². The van der Waals surface area contributed by atoms with Crippen molar-refractivity contribution >= 4 is 23.3 Å². The molecule has 7 heteroatoms. The quantitative estimate of drug-likeness (QED) is 0.829. The number of hydrogen-bond acceptors (Lipinski definition) is 5. The average molecular weight is 379 g/mol. The smallest absolute Gasteiger partial charge is 0.235 e. The Labute approximate surface area is 162 Å². The predicted octanol–water partition coefficient (Wildman–Crippen LogP) is 2.52. The number of amides is 2. The number of carbonyl (C=O) groups is 2. The molecule has 28 heavy (non-hydrogen) atoms. The summed E-state index contributed by atoms with van der Waals surface area (Å²) >= 11 is 0. The van der Waals surface area contributed by atoms with Crippen molar-refractivity contribution in [3.05, 3.63) is 53.3 Å². The van der Waals surface area contributed by atoms with E-state index in [1.165, 1.54) is 0 Å². The maximum Gasteiger partial charge on any atom is 0.235 e. The summed E-state index contributed by atoms with van der Waals surface area (Å²) in [5.41, 5.74) is 2.09. The van der Waals surface area contributed by atoms with Crippen LogP contribution < -0.4 is 10.2 Å². The van der Waals surface area contributed by atoms with Gasteiger partial charge in [0.15, 0.2) is 5.82 Å². The summed E-state index contributed by atoms with van der Waals surface area (Å²) in [6, 6.07) is 7.61. The number of aromatic nitrogens is 1. The Morgan fingerprint density at radius 3 is 2.64 bits per heavy atom. The van der Waals surface area contributed by atoms with Crippen LogP contribution in [0.4, 0.5) is 11.5 Å². The second-order valence-corrected chi connectivity index (χ2v) is 7.99. The highest BCUT2D eigenvalue weighted by Gasteiger charge is 2.67. The lowest BCUT2D eigenvalue weighted by Gasteiger charge is -2.23. The molecule has 2 aromatic rings. The van der Waals surface area contributed by atoms with E-state index in [-0.39, 0.29) is 17.9 Å². The fraction of sp³-hybridized carbons (Fsp3) is 0.381.